The first-order valence-electron chi connectivity index (χ1n) is 8.69. The Kier molecular flexibility index (Phi) is 3.80. The smallest absolute Gasteiger partial charge is 0.271 e. The standard InChI is InChI=1S/C18H16FN5O2S/c19-9-3-8(6-20-7-9)14-11-4-10(5-13(11)25)21-17(26)15-16-12(1-2-27-16)22-18(23-14)24-15/h1-3,6-7,10-11,13-14,25H,4-5H2,(H,21,26)(H,22,23,24)/t10-,11+,13+,14?/m1/s1. The molecule has 138 valence electrons. The Morgan fingerprint density at radius 1 is 1.22 bits per heavy atom. The molecule has 1 fully saturated rings. The Hall–Kier alpha value is -2.65. The Balaban J connectivity index is 1.67. The van der Waals surface area contributed by atoms with E-state index in [-0.39, 0.29) is 23.8 Å². The average Bonchev–Trinajstić information content (AvgIpc) is 3.24. The number of fused-ring (bicyclic) bond motifs is 6. The molecule has 0 saturated heterocycles. The molecule has 0 radical (unpaired) electrons. The zero-order valence-electron chi connectivity index (χ0n) is 14.1. The normalized spacial score (nSPS) is 27.3. The van der Waals surface area contributed by atoms with Crippen LogP contribution in [0.15, 0.2) is 29.9 Å². The molecule has 1 aliphatic carbocycles. The molecule has 4 bridgehead atoms. The van der Waals surface area contributed by atoms with Gasteiger partial charge in [0, 0.05) is 18.2 Å². The molecule has 3 aromatic heterocycles. The van der Waals surface area contributed by atoms with E-state index in [4.69, 9.17) is 0 Å². The highest BCUT2D eigenvalue weighted by Gasteiger charge is 2.41. The summed E-state index contributed by atoms with van der Waals surface area (Å²) in [5.41, 5.74) is 1.60. The number of aromatic nitrogens is 3. The predicted molar refractivity (Wildman–Crippen MR) is 98.0 cm³/mol. The van der Waals surface area contributed by atoms with Crippen LogP contribution in [0.5, 0.6) is 0 Å². The van der Waals surface area contributed by atoms with Crippen LogP contribution in [-0.4, -0.2) is 38.1 Å². The fraction of sp³-hybridized carbons (Fsp3) is 0.333. The van der Waals surface area contributed by atoms with Gasteiger partial charge in [-0.1, -0.05) is 0 Å². The Labute approximate surface area is 157 Å². The van der Waals surface area contributed by atoms with Crippen LogP contribution in [0.3, 0.4) is 0 Å². The molecule has 4 atom stereocenters. The van der Waals surface area contributed by atoms with Crippen molar-refractivity contribution in [1.29, 1.82) is 0 Å². The van der Waals surface area contributed by atoms with E-state index in [1.165, 1.54) is 17.4 Å². The van der Waals surface area contributed by atoms with Crippen molar-refractivity contribution in [3.8, 4) is 0 Å². The largest absolute Gasteiger partial charge is 0.393 e. The second-order valence-electron chi connectivity index (χ2n) is 6.96. The maximum atomic E-state index is 13.8. The number of nitrogens with one attached hydrogen (secondary N) is 2. The number of hydrogen-bond acceptors (Lipinski definition) is 7. The van der Waals surface area contributed by atoms with Gasteiger partial charge in [-0.25, -0.2) is 14.4 Å². The lowest BCUT2D eigenvalue weighted by atomic mass is 9.90. The Morgan fingerprint density at radius 3 is 2.96 bits per heavy atom. The van der Waals surface area contributed by atoms with Gasteiger partial charge in [0.05, 0.1) is 28.6 Å². The fourth-order valence-corrected chi connectivity index (χ4v) is 4.85. The van der Waals surface area contributed by atoms with E-state index in [1.54, 1.807) is 6.20 Å². The number of pyridine rings is 1. The first-order chi connectivity index (χ1) is 13.1. The number of hydrogen-bond donors (Lipinski definition) is 3. The minimum atomic E-state index is -0.645. The minimum absolute atomic E-state index is 0.171. The van der Waals surface area contributed by atoms with E-state index >= 15 is 0 Å². The van der Waals surface area contributed by atoms with Gasteiger partial charge in [0.2, 0.25) is 5.95 Å². The summed E-state index contributed by atoms with van der Waals surface area (Å²) in [7, 11) is 0. The SMILES string of the molecule is O=C1N[C@@H]2C[C@H](C(c3cncc(F)c3)Nc3nc1c1sccc1n3)[C@@H](O)C2. The summed E-state index contributed by atoms with van der Waals surface area (Å²) < 4.78 is 14.5. The zero-order chi connectivity index (χ0) is 18.5. The van der Waals surface area contributed by atoms with Crippen molar-refractivity contribution in [3.05, 3.63) is 47.0 Å². The van der Waals surface area contributed by atoms with Gasteiger partial charge < -0.3 is 15.7 Å². The lowest BCUT2D eigenvalue weighted by Crippen LogP contribution is -2.35. The van der Waals surface area contributed by atoms with Crippen LogP contribution in [0.2, 0.25) is 0 Å². The second-order valence-corrected chi connectivity index (χ2v) is 7.88. The summed E-state index contributed by atoms with van der Waals surface area (Å²) in [6.45, 7) is 0. The first kappa shape index (κ1) is 16.5. The van der Waals surface area contributed by atoms with Crippen molar-refractivity contribution in [2.75, 3.05) is 5.32 Å². The van der Waals surface area contributed by atoms with Crippen LogP contribution in [-0.2, 0) is 0 Å². The van der Waals surface area contributed by atoms with Crippen molar-refractivity contribution in [1.82, 2.24) is 20.3 Å². The number of carbonyl (C=O) groups is 1. The number of amides is 1. The average molecular weight is 385 g/mol. The van der Waals surface area contributed by atoms with Crippen molar-refractivity contribution in [2.24, 2.45) is 5.92 Å². The monoisotopic (exact) mass is 385 g/mol. The summed E-state index contributed by atoms with van der Waals surface area (Å²) in [4.78, 5) is 25.6. The van der Waals surface area contributed by atoms with Gasteiger partial charge in [-0.05, 0) is 35.9 Å². The van der Waals surface area contributed by atoms with Crippen LogP contribution in [0, 0.1) is 11.7 Å². The Bertz CT molecular complexity index is 1040. The molecule has 0 spiro atoms. The molecule has 4 heterocycles. The van der Waals surface area contributed by atoms with Gasteiger partial charge >= 0.3 is 0 Å². The third-order valence-corrected chi connectivity index (χ3v) is 6.14. The van der Waals surface area contributed by atoms with Crippen molar-refractivity contribution in [2.45, 2.75) is 31.0 Å². The molecule has 9 heteroatoms. The number of aliphatic hydroxyl groups excluding tert-OH is 1. The van der Waals surface area contributed by atoms with E-state index < -0.39 is 18.0 Å². The third-order valence-electron chi connectivity index (χ3n) is 5.23. The molecule has 3 aromatic rings. The minimum Gasteiger partial charge on any atom is -0.393 e. The number of carbonyl (C=O) groups excluding carboxylic acids is 1. The van der Waals surface area contributed by atoms with E-state index in [0.29, 0.717) is 29.6 Å². The number of halogens is 1. The number of rotatable bonds is 1. The summed E-state index contributed by atoms with van der Waals surface area (Å²) in [5, 5.41) is 18.7. The first-order valence-corrected chi connectivity index (χ1v) is 9.57. The predicted octanol–water partition coefficient (Wildman–Crippen LogP) is 2.26. The van der Waals surface area contributed by atoms with Crippen molar-refractivity contribution < 1.29 is 14.3 Å². The highest BCUT2D eigenvalue weighted by molar-refractivity contribution is 7.17. The third kappa shape index (κ3) is 2.83. The van der Waals surface area contributed by atoms with Gasteiger partial charge in [-0.15, -0.1) is 11.3 Å². The van der Waals surface area contributed by atoms with Crippen LogP contribution in [0.25, 0.3) is 10.2 Å². The molecule has 7 nitrogen and oxygen atoms in total. The summed E-state index contributed by atoms with van der Waals surface area (Å²) >= 11 is 1.41. The van der Waals surface area contributed by atoms with Crippen LogP contribution < -0.4 is 10.6 Å². The van der Waals surface area contributed by atoms with Crippen LogP contribution in [0.4, 0.5) is 10.3 Å². The highest BCUT2D eigenvalue weighted by Crippen LogP contribution is 2.39. The van der Waals surface area contributed by atoms with Crippen LogP contribution >= 0.6 is 11.3 Å². The maximum absolute atomic E-state index is 13.8. The van der Waals surface area contributed by atoms with Gasteiger partial charge in [-0.2, -0.15) is 0 Å². The molecular formula is C18H16FN5O2S. The lowest BCUT2D eigenvalue weighted by molar-refractivity contribution is 0.0930. The molecule has 2 aliphatic rings. The summed E-state index contributed by atoms with van der Waals surface area (Å²) in [6, 6.07) is 2.64. The van der Waals surface area contributed by atoms with Gasteiger partial charge in [0.1, 0.15) is 5.82 Å². The molecule has 3 N–H and O–H groups in total. The van der Waals surface area contributed by atoms with E-state index in [1.807, 2.05) is 11.4 Å². The molecule has 0 aromatic carbocycles. The number of thiophene rings is 1. The van der Waals surface area contributed by atoms with Gasteiger partial charge in [0.15, 0.2) is 5.69 Å². The summed E-state index contributed by atoms with van der Waals surface area (Å²) in [6.07, 6.45) is 3.08. The molecule has 1 saturated carbocycles. The van der Waals surface area contributed by atoms with E-state index in [0.717, 1.165) is 10.9 Å². The summed E-state index contributed by atoms with van der Waals surface area (Å²) in [5.74, 6) is -0.671. The quantitative estimate of drug-likeness (QED) is 0.594. The molecule has 1 aliphatic heterocycles. The van der Waals surface area contributed by atoms with E-state index in [9.17, 15) is 14.3 Å². The highest BCUT2D eigenvalue weighted by atomic mass is 32.1. The lowest BCUT2D eigenvalue weighted by Gasteiger charge is -2.28. The molecular weight excluding hydrogens is 369 g/mol. The van der Waals surface area contributed by atoms with Crippen LogP contribution in [0.1, 0.15) is 34.9 Å². The van der Waals surface area contributed by atoms with Gasteiger partial charge in [0.25, 0.3) is 5.91 Å². The molecule has 1 amide bonds. The fourth-order valence-electron chi connectivity index (χ4n) is 4.03. The zero-order valence-corrected chi connectivity index (χ0v) is 14.9. The number of anilines is 1. The maximum Gasteiger partial charge on any atom is 0.271 e. The van der Waals surface area contributed by atoms with Crippen molar-refractivity contribution >= 4 is 33.4 Å². The van der Waals surface area contributed by atoms with Gasteiger partial charge in [-0.3, -0.25) is 9.78 Å². The molecule has 5 rings (SSSR count). The molecule has 1 unspecified atom stereocenters. The number of nitrogens with zero attached hydrogens (tertiary/aromatic N) is 3. The van der Waals surface area contributed by atoms with Crippen molar-refractivity contribution in [3.63, 3.8) is 0 Å². The second kappa shape index (κ2) is 6.21. The topological polar surface area (TPSA) is 100 Å². The Morgan fingerprint density at radius 2 is 2.11 bits per heavy atom. The van der Waals surface area contributed by atoms with E-state index in [2.05, 4.69) is 25.6 Å². The number of aliphatic hydroxyl groups is 1. The molecule has 27 heavy (non-hydrogen) atoms.